The van der Waals surface area contributed by atoms with Gasteiger partial charge in [0.15, 0.2) is 4.77 Å². The van der Waals surface area contributed by atoms with Crippen LogP contribution in [0.4, 0.5) is 0 Å². The van der Waals surface area contributed by atoms with Gasteiger partial charge < -0.3 is 9.30 Å². The molecule has 17 heavy (non-hydrogen) atoms. The summed E-state index contributed by atoms with van der Waals surface area (Å²) in [5, 5.41) is 6.97. The molecule has 0 unspecified atom stereocenters. The Morgan fingerprint density at radius 2 is 2.00 bits per heavy atom. The minimum Gasteiger partial charge on any atom is -0.497 e. The summed E-state index contributed by atoms with van der Waals surface area (Å²) in [6.45, 7) is 0. The summed E-state index contributed by atoms with van der Waals surface area (Å²) >= 11 is 5.07. The summed E-state index contributed by atoms with van der Waals surface area (Å²) in [4.78, 5) is 0. The van der Waals surface area contributed by atoms with Gasteiger partial charge >= 0.3 is 0 Å². The van der Waals surface area contributed by atoms with Crippen molar-refractivity contribution in [2.24, 2.45) is 7.05 Å². The number of benzene rings is 1. The Kier molecular flexibility index (Phi) is 3.58. The Morgan fingerprint density at radius 3 is 2.53 bits per heavy atom. The molecule has 0 aliphatic carbocycles. The van der Waals surface area contributed by atoms with E-state index in [0.29, 0.717) is 4.77 Å². The molecule has 0 atom stereocenters. The first-order valence-corrected chi connectivity index (χ1v) is 5.84. The smallest absolute Gasteiger partial charge is 0.194 e. The lowest BCUT2D eigenvalue weighted by Gasteiger charge is -2.03. The van der Waals surface area contributed by atoms with Gasteiger partial charge in [-0.05, 0) is 36.3 Å². The third-order valence-electron chi connectivity index (χ3n) is 2.77. The number of aromatic nitrogens is 3. The van der Waals surface area contributed by atoms with Crippen molar-refractivity contribution in [1.29, 1.82) is 0 Å². The van der Waals surface area contributed by atoms with Gasteiger partial charge in [-0.2, -0.15) is 5.10 Å². The van der Waals surface area contributed by atoms with E-state index in [9.17, 15) is 0 Å². The van der Waals surface area contributed by atoms with Crippen molar-refractivity contribution in [3.8, 4) is 5.75 Å². The first kappa shape index (κ1) is 11.9. The number of nitrogens with zero attached hydrogens (tertiary/aromatic N) is 2. The van der Waals surface area contributed by atoms with Crippen molar-refractivity contribution in [2.75, 3.05) is 7.11 Å². The number of aromatic amines is 1. The van der Waals surface area contributed by atoms with Gasteiger partial charge in [-0.15, -0.1) is 0 Å². The molecule has 0 spiro atoms. The molecule has 1 aromatic heterocycles. The van der Waals surface area contributed by atoms with Gasteiger partial charge in [0.05, 0.1) is 7.11 Å². The first-order chi connectivity index (χ1) is 8.20. The molecule has 0 aliphatic rings. The predicted molar refractivity (Wildman–Crippen MR) is 68.8 cm³/mol. The summed E-state index contributed by atoms with van der Waals surface area (Å²) in [7, 11) is 3.60. The Labute approximate surface area is 105 Å². The lowest BCUT2D eigenvalue weighted by atomic mass is 10.1. The fourth-order valence-corrected chi connectivity index (χ4v) is 1.80. The Morgan fingerprint density at radius 1 is 1.29 bits per heavy atom. The normalized spacial score (nSPS) is 10.5. The number of rotatable bonds is 4. The molecule has 0 radical (unpaired) electrons. The van der Waals surface area contributed by atoms with Crippen LogP contribution in [0.3, 0.4) is 0 Å². The summed E-state index contributed by atoms with van der Waals surface area (Å²) in [5.74, 6) is 1.86. The highest BCUT2D eigenvalue weighted by atomic mass is 32.1. The van der Waals surface area contributed by atoms with Crippen LogP contribution in [0.2, 0.25) is 0 Å². The second-order valence-electron chi connectivity index (χ2n) is 3.85. The highest BCUT2D eigenvalue weighted by molar-refractivity contribution is 7.71. The van der Waals surface area contributed by atoms with Gasteiger partial charge in [0, 0.05) is 13.5 Å². The molecule has 5 heteroatoms. The maximum Gasteiger partial charge on any atom is 0.194 e. The van der Waals surface area contributed by atoms with E-state index < -0.39 is 0 Å². The molecule has 0 amide bonds. The summed E-state index contributed by atoms with van der Waals surface area (Å²) in [5.41, 5.74) is 1.26. The van der Waals surface area contributed by atoms with Gasteiger partial charge in [-0.1, -0.05) is 12.1 Å². The second kappa shape index (κ2) is 5.14. The van der Waals surface area contributed by atoms with Gasteiger partial charge in [-0.25, -0.2) is 0 Å². The van der Waals surface area contributed by atoms with Crippen LogP contribution in [0, 0.1) is 4.77 Å². The largest absolute Gasteiger partial charge is 0.497 e. The summed E-state index contributed by atoms with van der Waals surface area (Å²) in [6.07, 6.45) is 1.81. The number of hydrogen-bond acceptors (Lipinski definition) is 3. The van der Waals surface area contributed by atoms with E-state index in [0.717, 1.165) is 24.4 Å². The lowest BCUT2D eigenvalue weighted by molar-refractivity contribution is 0.414. The monoisotopic (exact) mass is 249 g/mol. The number of ether oxygens (including phenoxy) is 1. The molecule has 2 aromatic rings. The zero-order valence-electron chi connectivity index (χ0n) is 9.93. The highest BCUT2D eigenvalue weighted by Gasteiger charge is 2.02. The van der Waals surface area contributed by atoms with E-state index >= 15 is 0 Å². The molecule has 2 rings (SSSR count). The quantitative estimate of drug-likeness (QED) is 0.845. The van der Waals surface area contributed by atoms with E-state index in [2.05, 4.69) is 22.3 Å². The lowest BCUT2D eigenvalue weighted by Crippen LogP contribution is -2.00. The molecule has 1 N–H and O–H groups in total. The van der Waals surface area contributed by atoms with Crippen LogP contribution in [-0.2, 0) is 19.9 Å². The third-order valence-corrected chi connectivity index (χ3v) is 3.13. The maximum absolute atomic E-state index is 5.12. The maximum atomic E-state index is 5.12. The van der Waals surface area contributed by atoms with Crippen molar-refractivity contribution in [2.45, 2.75) is 12.8 Å². The SMILES string of the molecule is COc1ccc(CCc2n[nH]c(=S)n2C)cc1. The molecular weight excluding hydrogens is 234 g/mol. The van der Waals surface area contributed by atoms with Crippen molar-refractivity contribution < 1.29 is 4.74 Å². The van der Waals surface area contributed by atoms with E-state index in [1.165, 1.54) is 5.56 Å². The highest BCUT2D eigenvalue weighted by Crippen LogP contribution is 2.12. The van der Waals surface area contributed by atoms with Crippen LogP contribution in [0.25, 0.3) is 0 Å². The minimum atomic E-state index is 0.662. The van der Waals surface area contributed by atoms with Crippen LogP contribution in [-0.4, -0.2) is 21.9 Å². The molecule has 1 heterocycles. The summed E-state index contributed by atoms with van der Waals surface area (Å²) < 4.78 is 7.68. The van der Waals surface area contributed by atoms with Gasteiger partial charge in [0.2, 0.25) is 0 Å². The average molecular weight is 249 g/mol. The molecule has 0 bridgehead atoms. The van der Waals surface area contributed by atoms with E-state index in [1.807, 2.05) is 23.7 Å². The molecule has 0 fully saturated rings. The van der Waals surface area contributed by atoms with Gasteiger partial charge in [0.25, 0.3) is 0 Å². The predicted octanol–water partition coefficient (Wildman–Crippen LogP) is 2.27. The fourth-order valence-electron chi connectivity index (χ4n) is 1.65. The number of aryl methyl sites for hydroxylation is 2. The fraction of sp³-hybridized carbons (Fsp3) is 0.333. The van der Waals surface area contributed by atoms with Crippen molar-refractivity contribution in [3.63, 3.8) is 0 Å². The topological polar surface area (TPSA) is 42.8 Å². The number of methoxy groups -OCH3 is 1. The van der Waals surface area contributed by atoms with Crippen molar-refractivity contribution >= 4 is 12.2 Å². The van der Waals surface area contributed by atoms with Gasteiger partial charge in [-0.3, -0.25) is 5.10 Å². The second-order valence-corrected chi connectivity index (χ2v) is 4.24. The van der Waals surface area contributed by atoms with Crippen LogP contribution < -0.4 is 4.74 Å². The molecule has 4 nitrogen and oxygen atoms in total. The molecule has 0 saturated carbocycles. The zero-order chi connectivity index (χ0) is 12.3. The van der Waals surface area contributed by atoms with E-state index in [4.69, 9.17) is 17.0 Å². The van der Waals surface area contributed by atoms with Crippen LogP contribution in [0.15, 0.2) is 24.3 Å². The first-order valence-electron chi connectivity index (χ1n) is 5.44. The minimum absolute atomic E-state index is 0.662. The standard InChI is InChI=1S/C12H15N3OS/c1-15-11(13-14-12(15)17)8-5-9-3-6-10(16-2)7-4-9/h3-4,6-7H,5,8H2,1-2H3,(H,14,17). The zero-order valence-corrected chi connectivity index (χ0v) is 10.8. The van der Waals surface area contributed by atoms with Crippen LogP contribution >= 0.6 is 12.2 Å². The van der Waals surface area contributed by atoms with Gasteiger partial charge in [0.1, 0.15) is 11.6 Å². The number of nitrogens with one attached hydrogen (secondary N) is 1. The summed E-state index contributed by atoms with van der Waals surface area (Å²) in [6, 6.07) is 8.08. The molecule has 0 aliphatic heterocycles. The average Bonchev–Trinajstić information content (AvgIpc) is 2.68. The number of H-pyrrole nitrogens is 1. The van der Waals surface area contributed by atoms with Crippen molar-refractivity contribution in [1.82, 2.24) is 14.8 Å². The number of hydrogen-bond donors (Lipinski definition) is 1. The van der Waals surface area contributed by atoms with Crippen LogP contribution in [0.1, 0.15) is 11.4 Å². The molecule has 90 valence electrons. The van der Waals surface area contributed by atoms with E-state index in [1.54, 1.807) is 7.11 Å². The molecule has 0 saturated heterocycles. The molecule has 1 aromatic carbocycles. The third kappa shape index (κ3) is 2.74. The van der Waals surface area contributed by atoms with E-state index in [-0.39, 0.29) is 0 Å². The Bertz CT molecular complexity index is 542. The molecular formula is C12H15N3OS. The Hall–Kier alpha value is -1.62. The van der Waals surface area contributed by atoms with Crippen molar-refractivity contribution in [3.05, 3.63) is 40.4 Å². The Balaban J connectivity index is 2.02. The van der Waals surface area contributed by atoms with Crippen LogP contribution in [0.5, 0.6) is 5.75 Å².